The average molecular weight is 298 g/mol. The molecule has 0 spiro atoms. The summed E-state index contributed by atoms with van der Waals surface area (Å²) >= 11 is 0. The van der Waals surface area contributed by atoms with Crippen molar-refractivity contribution >= 4 is 0 Å². The number of aryl methyl sites for hydroxylation is 2. The van der Waals surface area contributed by atoms with Gasteiger partial charge in [0.15, 0.2) is 0 Å². The highest BCUT2D eigenvalue weighted by Crippen LogP contribution is 2.24. The summed E-state index contributed by atoms with van der Waals surface area (Å²) in [6.45, 7) is 11.5. The van der Waals surface area contributed by atoms with Gasteiger partial charge in [0, 0.05) is 29.2 Å². The molecule has 0 amide bonds. The average Bonchev–Trinajstić information content (AvgIpc) is 2.45. The van der Waals surface area contributed by atoms with Gasteiger partial charge in [-0.1, -0.05) is 20.8 Å². The fraction of sp³-hybridized carbons (Fsp3) is 0.474. The number of nitrogens with zero attached hydrogens (tertiary/aromatic N) is 2. The van der Waals surface area contributed by atoms with Crippen molar-refractivity contribution in [3.8, 4) is 17.0 Å². The van der Waals surface area contributed by atoms with Crippen LogP contribution in [0.4, 0.5) is 0 Å². The van der Waals surface area contributed by atoms with E-state index in [-0.39, 0.29) is 0 Å². The lowest BCUT2D eigenvalue weighted by Gasteiger charge is -2.16. The molecule has 2 aromatic heterocycles. The lowest BCUT2D eigenvalue weighted by atomic mass is 10.00. The molecule has 2 heterocycles. The van der Waals surface area contributed by atoms with Crippen molar-refractivity contribution < 1.29 is 4.74 Å². The van der Waals surface area contributed by atoms with E-state index >= 15 is 0 Å². The third-order valence-corrected chi connectivity index (χ3v) is 3.64. The van der Waals surface area contributed by atoms with Gasteiger partial charge in [0.05, 0.1) is 6.61 Å². The zero-order valence-corrected chi connectivity index (χ0v) is 14.3. The Kier molecular flexibility index (Phi) is 5.53. The van der Waals surface area contributed by atoms with E-state index in [1.165, 1.54) is 6.42 Å². The molecule has 0 radical (unpaired) electrons. The van der Waals surface area contributed by atoms with Gasteiger partial charge in [0.2, 0.25) is 5.88 Å². The standard InChI is InChI=1S/C19H26N2O/c1-13(2)8-14(3)12-22-19-15(4)9-18(11-21-19)17-6-7-20-16(5)10-17/h6-7,9-11,13-14H,8,12H2,1-5H3. The zero-order valence-electron chi connectivity index (χ0n) is 14.3. The van der Waals surface area contributed by atoms with Gasteiger partial charge in [0.1, 0.15) is 0 Å². The minimum absolute atomic E-state index is 0.545. The molecule has 2 rings (SSSR count). The monoisotopic (exact) mass is 298 g/mol. The van der Waals surface area contributed by atoms with E-state index in [2.05, 4.69) is 42.9 Å². The fourth-order valence-corrected chi connectivity index (χ4v) is 2.69. The summed E-state index contributed by atoms with van der Waals surface area (Å²) in [5, 5.41) is 0. The predicted octanol–water partition coefficient (Wildman–Crippen LogP) is 4.82. The first kappa shape index (κ1) is 16.5. The van der Waals surface area contributed by atoms with E-state index in [0.29, 0.717) is 11.8 Å². The van der Waals surface area contributed by atoms with Gasteiger partial charge >= 0.3 is 0 Å². The Morgan fingerprint density at radius 2 is 1.82 bits per heavy atom. The minimum atomic E-state index is 0.545. The molecule has 0 aromatic carbocycles. The first-order valence-corrected chi connectivity index (χ1v) is 7.98. The molecule has 2 aromatic rings. The van der Waals surface area contributed by atoms with E-state index in [4.69, 9.17) is 4.74 Å². The molecule has 0 saturated heterocycles. The third-order valence-electron chi connectivity index (χ3n) is 3.64. The van der Waals surface area contributed by atoms with Crippen molar-refractivity contribution in [1.29, 1.82) is 0 Å². The van der Waals surface area contributed by atoms with Crippen molar-refractivity contribution in [1.82, 2.24) is 9.97 Å². The molecule has 0 N–H and O–H groups in total. The minimum Gasteiger partial charge on any atom is -0.477 e. The van der Waals surface area contributed by atoms with Crippen LogP contribution in [0.1, 0.15) is 38.4 Å². The molecule has 0 bridgehead atoms. The molecule has 0 aliphatic carbocycles. The van der Waals surface area contributed by atoms with Crippen LogP contribution in [0.5, 0.6) is 5.88 Å². The second-order valence-electron chi connectivity index (χ2n) is 6.58. The van der Waals surface area contributed by atoms with Gasteiger partial charge in [-0.3, -0.25) is 4.98 Å². The Morgan fingerprint density at radius 3 is 2.45 bits per heavy atom. The number of aromatic nitrogens is 2. The highest BCUT2D eigenvalue weighted by atomic mass is 16.5. The molecular weight excluding hydrogens is 272 g/mol. The lowest BCUT2D eigenvalue weighted by Crippen LogP contribution is -2.12. The molecule has 3 heteroatoms. The molecular formula is C19H26N2O. The summed E-state index contributed by atoms with van der Waals surface area (Å²) in [5.74, 6) is 1.99. The largest absolute Gasteiger partial charge is 0.477 e. The maximum atomic E-state index is 5.89. The van der Waals surface area contributed by atoms with Crippen LogP contribution in [-0.4, -0.2) is 16.6 Å². The van der Waals surface area contributed by atoms with Crippen LogP contribution in [0.15, 0.2) is 30.6 Å². The third kappa shape index (κ3) is 4.55. The SMILES string of the molecule is Cc1cc(-c2cnc(OCC(C)CC(C)C)c(C)c2)ccn1. The van der Waals surface area contributed by atoms with E-state index < -0.39 is 0 Å². The smallest absolute Gasteiger partial charge is 0.216 e. The topological polar surface area (TPSA) is 35.0 Å². The first-order chi connectivity index (χ1) is 10.5. The number of hydrogen-bond donors (Lipinski definition) is 0. The van der Waals surface area contributed by atoms with Gasteiger partial charge in [-0.05, 0) is 55.9 Å². The number of ether oxygens (including phenoxy) is 1. The number of pyridine rings is 2. The Bertz CT molecular complexity index is 623. The van der Waals surface area contributed by atoms with Crippen LogP contribution in [0, 0.1) is 25.7 Å². The lowest BCUT2D eigenvalue weighted by molar-refractivity contribution is 0.230. The summed E-state index contributed by atoms with van der Waals surface area (Å²) in [7, 11) is 0. The molecule has 1 unspecified atom stereocenters. The van der Waals surface area contributed by atoms with Gasteiger partial charge in [-0.25, -0.2) is 4.98 Å². The van der Waals surface area contributed by atoms with Crippen molar-refractivity contribution in [2.24, 2.45) is 11.8 Å². The van der Waals surface area contributed by atoms with Gasteiger partial charge in [-0.2, -0.15) is 0 Å². The van der Waals surface area contributed by atoms with Crippen LogP contribution >= 0.6 is 0 Å². The van der Waals surface area contributed by atoms with Crippen molar-refractivity contribution in [3.63, 3.8) is 0 Å². The van der Waals surface area contributed by atoms with Crippen LogP contribution in [-0.2, 0) is 0 Å². The number of rotatable bonds is 6. The summed E-state index contributed by atoms with van der Waals surface area (Å²) < 4.78 is 5.89. The molecule has 0 saturated carbocycles. The van der Waals surface area contributed by atoms with Crippen molar-refractivity contribution in [2.45, 2.75) is 41.0 Å². The van der Waals surface area contributed by atoms with Crippen LogP contribution in [0.25, 0.3) is 11.1 Å². The van der Waals surface area contributed by atoms with E-state index in [1.54, 1.807) is 0 Å². The molecule has 0 aliphatic heterocycles. The summed E-state index contributed by atoms with van der Waals surface area (Å²) in [6, 6.07) is 6.21. The van der Waals surface area contributed by atoms with E-state index in [1.807, 2.05) is 32.3 Å². The Balaban J connectivity index is 2.07. The van der Waals surface area contributed by atoms with Crippen LogP contribution < -0.4 is 4.74 Å². The van der Waals surface area contributed by atoms with E-state index in [9.17, 15) is 0 Å². The summed E-state index contributed by atoms with van der Waals surface area (Å²) in [5.41, 5.74) is 4.33. The van der Waals surface area contributed by atoms with E-state index in [0.717, 1.165) is 34.9 Å². The van der Waals surface area contributed by atoms with Gasteiger partial charge < -0.3 is 4.74 Å². The molecule has 118 valence electrons. The predicted molar refractivity (Wildman–Crippen MR) is 91.1 cm³/mol. The number of hydrogen-bond acceptors (Lipinski definition) is 3. The molecule has 0 fully saturated rings. The first-order valence-electron chi connectivity index (χ1n) is 7.98. The van der Waals surface area contributed by atoms with Gasteiger partial charge in [-0.15, -0.1) is 0 Å². The highest BCUT2D eigenvalue weighted by molar-refractivity contribution is 5.63. The summed E-state index contributed by atoms with van der Waals surface area (Å²) in [6.07, 6.45) is 4.88. The maximum Gasteiger partial charge on any atom is 0.216 e. The van der Waals surface area contributed by atoms with Crippen LogP contribution in [0.3, 0.4) is 0 Å². The Labute approximate surface area is 133 Å². The van der Waals surface area contributed by atoms with Crippen molar-refractivity contribution in [3.05, 3.63) is 41.9 Å². The molecule has 0 aliphatic rings. The normalized spacial score (nSPS) is 12.5. The zero-order chi connectivity index (χ0) is 16.1. The molecule has 1 atom stereocenters. The second-order valence-corrected chi connectivity index (χ2v) is 6.58. The highest BCUT2D eigenvalue weighted by Gasteiger charge is 2.09. The Morgan fingerprint density at radius 1 is 1.05 bits per heavy atom. The maximum absolute atomic E-state index is 5.89. The fourth-order valence-electron chi connectivity index (χ4n) is 2.69. The summed E-state index contributed by atoms with van der Waals surface area (Å²) in [4.78, 5) is 8.73. The van der Waals surface area contributed by atoms with Crippen molar-refractivity contribution in [2.75, 3.05) is 6.61 Å². The molecule has 3 nitrogen and oxygen atoms in total. The second kappa shape index (κ2) is 7.39. The van der Waals surface area contributed by atoms with Gasteiger partial charge in [0.25, 0.3) is 0 Å². The molecule has 22 heavy (non-hydrogen) atoms. The van der Waals surface area contributed by atoms with Crippen LogP contribution in [0.2, 0.25) is 0 Å². The quantitative estimate of drug-likeness (QED) is 0.766. The Hall–Kier alpha value is -1.90.